The Kier molecular flexibility index (Phi) is 2.00. The highest BCUT2D eigenvalue weighted by Crippen LogP contribution is 2.30. The lowest BCUT2D eigenvalue weighted by Crippen LogP contribution is -2.40. The summed E-state index contributed by atoms with van der Waals surface area (Å²) in [6.45, 7) is 7.17. The lowest BCUT2D eigenvalue weighted by molar-refractivity contribution is 1.54. The van der Waals surface area contributed by atoms with Crippen LogP contribution in [-0.2, 0) is 0 Å². The molecule has 0 fully saturated rings. The highest BCUT2D eigenvalue weighted by molar-refractivity contribution is 9.10. The Balaban J connectivity index is 2.60. The van der Waals surface area contributed by atoms with Gasteiger partial charge in [-0.3, -0.25) is 0 Å². The van der Waals surface area contributed by atoms with Crippen molar-refractivity contribution in [1.82, 2.24) is 0 Å². The third-order valence-corrected chi connectivity index (χ3v) is 5.20. The number of fused-ring (bicyclic) bond motifs is 1. The standard InChI is InChI=1S/C11H13BrSi/c1-13(2,3)11-7-6-10(12)8-4-5-9(8)11/h4-7H,1-3H3. The summed E-state index contributed by atoms with van der Waals surface area (Å²) in [5.74, 6) is 0. The van der Waals surface area contributed by atoms with Crippen LogP contribution in [0.3, 0.4) is 0 Å². The van der Waals surface area contributed by atoms with Crippen molar-refractivity contribution in [2.75, 3.05) is 0 Å². The maximum atomic E-state index is 3.56. The molecule has 0 saturated heterocycles. The maximum absolute atomic E-state index is 3.56. The summed E-state index contributed by atoms with van der Waals surface area (Å²) in [7, 11) is -1.15. The van der Waals surface area contributed by atoms with E-state index in [9.17, 15) is 0 Å². The van der Waals surface area contributed by atoms with Gasteiger partial charge in [0.25, 0.3) is 0 Å². The van der Waals surface area contributed by atoms with Gasteiger partial charge in [0, 0.05) is 4.47 Å². The third kappa shape index (κ3) is 1.42. The number of rotatable bonds is 1. The fraction of sp³-hybridized carbons (Fsp3) is 0.273. The Bertz CT molecular complexity index is 386. The molecular weight excluding hydrogens is 240 g/mol. The van der Waals surface area contributed by atoms with Gasteiger partial charge in [0.05, 0.1) is 8.07 Å². The largest absolute Gasteiger partial charge is 0.0784 e. The zero-order valence-electron chi connectivity index (χ0n) is 8.19. The van der Waals surface area contributed by atoms with Crippen LogP contribution in [0, 0.1) is 0 Å². The van der Waals surface area contributed by atoms with Gasteiger partial charge in [0.2, 0.25) is 0 Å². The fourth-order valence-electron chi connectivity index (χ4n) is 1.68. The van der Waals surface area contributed by atoms with Gasteiger partial charge in [-0.05, 0) is 17.2 Å². The van der Waals surface area contributed by atoms with Gasteiger partial charge in [-0.2, -0.15) is 0 Å². The second kappa shape index (κ2) is 2.82. The van der Waals surface area contributed by atoms with Crippen molar-refractivity contribution < 1.29 is 0 Å². The van der Waals surface area contributed by atoms with Crippen LogP contribution in [-0.4, -0.2) is 8.07 Å². The van der Waals surface area contributed by atoms with E-state index >= 15 is 0 Å². The lowest BCUT2D eigenvalue weighted by Gasteiger charge is -2.25. The molecule has 2 heteroatoms. The van der Waals surface area contributed by atoms with E-state index in [2.05, 4.69) is 59.9 Å². The SMILES string of the molecule is C[Si](C)(C)c1ccc(Br)c2c1C=C2. The Labute approximate surface area is 88.8 Å². The van der Waals surface area contributed by atoms with Crippen molar-refractivity contribution in [1.29, 1.82) is 0 Å². The van der Waals surface area contributed by atoms with E-state index in [-0.39, 0.29) is 0 Å². The van der Waals surface area contributed by atoms with Crippen molar-refractivity contribution in [3.8, 4) is 0 Å². The van der Waals surface area contributed by atoms with E-state index in [1.54, 1.807) is 5.19 Å². The van der Waals surface area contributed by atoms with Crippen LogP contribution >= 0.6 is 15.9 Å². The van der Waals surface area contributed by atoms with E-state index < -0.39 is 8.07 Å². The average Bonchev–Trinajstić information content (AvgIpc) is 1.90. The molecule has 68 valence electrons. The molecule has 0 heterocycles. The first kappa shape index (κ1) is 9.22. The van der Waals surface area contributed by atoms with E-state index in [1.165, 1.54) is 15.6 Å². The van der Waals surface area contributed by atoms with Crippen molar-refractivity contribution >= 4 is 41.3 Å². The summed E-state index contributed by atoms with van der Waals surface area (Å²) in [5, 5.41) is 1.58. The summed E-state index contributed by atoms with van der Waals surface area (Å²) in [6.07, 6.45) is 4.41. The van der Waals surface area contributed by atoms with Crippen LogP contribution < -0.4 is 5.19 Å². The highest BCUT2D eigenvalue weighted by Gasteiger charge is 2.23. The quantitative estimate of drug-likeness (QED) is 0.682. The van der Waals surface area contributed by atoms with Gasteiger partial charge in [0.1, 0.15) is 0 Å². The Morgan fingerprint density at radius 1 is 1.00 bits per heavy atom. The minimum atomic E-state index is -1.15. The van der Waals surface area contributed by atoms with Gasteiger partial charge in [-0.25, -0.2) is 0 Å². The molecule has 0 saturated carbocycles. The lowest BCUT2D eigenvalue weighted by atomic mass is 9.98. The molecule has 0 aliphatic heterocycles. The molecule has 1 aromatic carbocycles. The Hall–Kier alpha value is -0.343. The van der Waals surface area contributed by atoms with Gasteiger partial charge < -0.3 is 0 Å². The van der Waals surface area contributed by atoms with Crippen molar-refractivity contribution in [2.45, 2.75) is 19.6 Å². The van der Waals surface area contributed by atoms with Crippen molar-refractivity contribution in [3.63, 3.8) is 0 Å². The minimum Gasteiger partial charge on any atom is -0.0656 e. The summed E-state index contributed by atoms with van der Waals surface area (Å²) >= 11 is 3.56. The first-order chi connectivity index (χ1) is 6.00. The number of hydrogen-bond donors (Lipinski definition) is 0. The van der Waals surface area contributed by atoms with E-state index in [4.69, 9.17) is 0 Å². The molecule has 0 bridgehead atoms. The predicted octanol–water partition coefficient (Wildman–Crippen LogP) is 3.48. The molecule has 0 atom stereocenters. The second-order valence-electron chi connectivity index (χ2n) is 4.51. The Morgan fingerprint density at radius 2 is 1.62 bits per heavy atom. The zero-order valence-corrected chi connectivity index (χ0v) is 10.8. The number of halogens is 1. The van der Waals surface area contributed by atoms with Crippen LogP contribution in [0.4, 0.5) is 0 Å². The van der Waals surface area contributed by atoms with Crippen LogP contribution in [0.1, 0.15) is 11.1 Å². The molecule has 13 heavy (non-hydrogen) atoms. The van der Waals surface area contributed by atoms with Crippen LogP contribution in [0.2, 0.25) is 19.6 Å². The second-order valence-corrected chi connectivity index (χ2v) is 10.4. The smallest absolute Gasteiger partial charge is 0.0656 e. The van der Waals surface area contributed by atoms with E-state index in [0.29, 0.717) is 0 Å². The molecule has 0 amide bonds. The molecule has 0 nitrogen and oxygen atoms in total. The summed E-state index contributed by atoms with van der Waals surface area (Å²) in [5.41, 5.74) is 2.86. The number of hydrogen-bond acceptors (Lipinski definition) is 0. The highest BCUT2D eigenvalue weighted by atomic mass is 79.9. The first-order valence-corrected chi connectivity index (χ1v) is 8.80. The predicted molar refractivity (Wildman–Crippen MR) is 66.1 cm³/mol. The summed E-state index contributed by atoms with van der Waals surface area (Å²) in [6, 6.07) is 4.45. The Morgan fingerprint density at radius 3 is 2.08 bits per heavy atom. The monoisotopic (exact) mass is 252 g/mol. The molecule has 1 aliphatic carbocycles. The summed E-state index contributed by atoms with van der Waals surface area (Å²) in [4.78, 5) is 0. The van der Waals surface area contributed by atoms with E-state index in [0.717, 1.165) is 0 Å². The molecule has 0 radical (unpaired) electrons. The molecule has 0 aromatic heterocycles. The van der Waals surface area contributed by atoms with Gasteiger partial charge in [-0.1, -0.05) is 59.0 Å². The number of benzene rings is 1. The normalized spacial score (nSPS) is 13.8. The zero-order chi connectivity index (χ0) is 9.64. The molecule has 0 unspecified atom stereocenters. The van der Waals surface area contributed by atoms with E-state index in [1.807, 2.05) is 0 Å². The molecule has 2 rings (SSSR count). The first-order valence-electron chi connectivity index (χ1n) is 4.51. The molecular formula is C11H13BrSi. The minimum absolute atomic E-state index is 1.15. The van der Waals surface area contributed by atoms with Crippen molar-refractivity contribution in [3.05, 3.63) is 27.7 Å². The van der Waals surface area contributed by atoms with Gasteiger partial charge >= 0.3 is 0 Å². The molecule has 0 spiro atoms. The van der Waals surface area contributed by atoms with Crippen LogP contribution in [0.15, 0.2) is 16.6 Å². The maximum Gasteiger partial charge on any atom is 0.0784 e. The third-order valence-electron chi connectivity index (χ3n) is 2.46. The molecule has 1 aliphatic rings. The van der Waals surface area contributed by atoms with Crippen LogP contribution in [0.5, 0.6) is 0 Å². The topological polar surface area (TPSA) is 0 Å². The average molecular weight is 253 g/mol. The molecule has 0 N–H and O–H groups in total. The fourth-order valence-corrected chi connectivity index (χ4v) is 3.77. The van der Waals surface area contributed by atoms with Crippen LogP contribution in [0.25, 0.3) is 12.2 Å². The van der Waals surface area contributed by atoms with Gasteiger partial charge in [-0.15, -0.1) is 0 Å². The van der Waals surface area contributed by atoms with Gasteiger partial charge in [0.15, 0.2) is 0 Å². The van der Waals surface area contributed by atoms with Crippen molar-refractivity contribution in [2.24, 2.45) is 0 Å². The summed E-state index contributed by atoms with van der Waals surface area (Å²) < 4.78 is 1.23. The molecule has 1 aromatic rings.